The summed E-state index contributed by atoms with van der Waals surface area (Å²) in [6.45, 7) is 3.99. The maximum atomic E-state index is 14.9. The molecule has 1 atom stereocenters. The Morgan fingerprint density at radius 3 is 2.54 bits per heavy atom. The van der Waals surface area contributed by atoms with Gasteiger partial charge < -0.3 is 14.6 Å². The van der Waals surface area contributed by atoms with E-state index in [-0.39, 0.29) is 11.4 Å². The van der Waals surface area contributed by atoms with Crippen molar-refractivity contribution in [1.82, 2.24) is 19.0 Å². The highest BCUT2D eigenvalue weighted by Gasteiger charge is 2.31. The van der Waals surface area contributed by atoms with Gasteiger partial charge in [-0.15, -0.1) is 0 Å². The Hall–Kier alpha value is -3.62. The van der Waals surface area contributed by atoms with Gasteiger partial charge in [-0.3, -0.25) is 9.47 Å². The number of phenols is 1. The number of anilines is 1. The highest BCUT2D eigenvalue weighted by atomic mass is 35.5. The van der Waals surface area contributed by atoms with Crippen molar-refractivity contribution in [2.24, 2.45) is 7.05 Å². The van der Waals surface area contributed by atoms with Crippen LogP contribution in [0.1, 0.15) is 12.8 Å². The minimum absolute atomic E-state index is 0.0418. The van der Waals surface area contributed by atoms with Gasteiger partial charge in [0.15, 0.2) is 0 Å². The van der Waals surface area contributed by atoms with Gasteiger partial charge in [0.2, 0.25) is 0 Å². The molecule has 2 aliphatic heterocycles. The van der Waals surface area contributed by atoms with Crippen LogP contribution in [-0.2, 0) is 7.05 Å². The van der Waals surface area contributed by atoms with Crippen LogP contribution in [0.15, 0.2) is 65.8 Å². The van der Waals surface area contributed by atoms with Gasteiger partial charge in [0.05, 0.1) is 10.7 Å². The second kappa shape index (κ2) is 9.36. The third kappa shape index (κ3) is 4.30. The molecular formula is C28H27ClFN5O2. The highest BCUT2D eigenvalue weighted by Crippen LogP contribution is 2.41. The minimum atomic E-state index is -0.472. The van der Waals surface area contributed by atoms with E-state index >= 15 is 0 Å². The standard InChI is InChI=1S/C28H27ClFN5O2/c1-32-9-12-35(28(32)37)25-5-4-18(13-24(25)29)22-15-20(30)16-23(27(22)36)19-6-7-31-26(14-19)34-11-10-33-8-2-3-21(33)17-34/h4-7,9,12-16,21,36H,2-3,8,10-11,17H2,1H3. The van der Waals surface area contributed by atoms with Crippen LogP contribution >= 0.6 is 11.6 Å². The zero-order chi connectivity index (χ0) is 25.7. The Bertz CT molecular complexity index is 1550. The van der Waals surface area contributed by atoms with E-state index in [0.717, 1.165) is 25.5 Å². The van der Waals surface area contributed by atoms with Crippen molar-refractivity contribution in [1.29, 1.82) is 0 Å². The molecule has 0 aliphatic carbocycles. The molecule has 0 radical (unpaired) electrons. The molecule has 4 aromatic rings. The van der Waals surface area contributed by atoms with E-state index in [9.17, 15) is 14.3 Å². The fraction of sp³-hybridized carbons (Fsp3) is 0.286. The highest BCUT2D eigenvalue weighted by molar-refractivity contribution is 6.32. The number of aryl methyl sites for hydroxylation is 1. The quantitative estimate of drug-likeness (QED) is 0.424. The van der Waals surface area contributed by atoms with Crippen LogP contribution in [-0.4, -0.2) is 56.3 Å². The van der Waals surface area contributed by atoms with Crippen molar-refractivity contribution in [2.75, 3.05) is 31.1 Å². The van der Waals surface area contributed by atoms with Crippen molar-refractivity contribution in [2.45, 2.75) is 18.9 Å². The molecule has 0 bridgehead atoms. The van der Waals surface area contributed by atoms with Gasteiger partial charge in [-0.2, -0.15) is 0 Å². The summed E-state index contributed by atoms with van der Waals surface area (Å²) < 4.78 is 17.7. The van der Waals surface area contributed by atoms with Crippen molar-refractivity contribution in [3.8, 4) is 33.7 Å². The number of phenolic OH excluding ortho intramolecular Hbond substituents is 1. The topological polar surface area (TPSA) is 66.5 Å². The van der Waals surface area contributed by atoms with E-state index < -0.39 is 5.82 Å². The van der Waals surface area contributed by atoms with Crippen LogP contribution < -0.4 is 10.6 Å². The molecule has 7 nitrogen and oxygen atoms in total. The van der Waals surface area contributed by atoms with Crippen molar-refractivity contribution in [3.63, 3.8) is 0 Å². The number of hydrogen-bond donors (Lipinski definition) is 1. The van der Waals surface area contributed by atoms with Crippen LogP contribution in [0.4, 0.5) is 10.2 Å². The van der Waals surface area contributed by atoms with E-state index in [1.54, 1.807) is 49.9 Å². The fourth-order valence-corrected chi connectivity index (χ4v) is 5.79. The first-order chi connectivity index (χ1) is 17.9. The number of aromatic nitrogens is 3. The predicted molar refractivity (Wildman–Crippen MR) is 143 cm³/mol. The van der Waals surface area contributed by atoms with Crippen LogP contribution in [0.5, 0.6) is 5.75 Å². The number of halogens is 2. The van der Waals surface area contributed by atoms with Gasteiger partial charge in [-0.1, -0.05) is 17.7 Å². The summed E-state index contributed by atoms with van der Waals surface area (Å²) in [5.41, 5.74) is 2.22. The summed E-state index contributed by atoms with van der Waals surface area (Å²) in [5.74, 6) is 0.315. The molecule has 6 rings (SSSR count). The first-order valence-electron chi connectivity index (χ1n) is 12.4. The lowest BCUT2D eigenvalue weighted by atomic mass is 9.97. The van der Waals surface area contributed by atoms with E-state index in [1.807, 2.05) is 6.07 Å². The largest absolute Gasteiger partial charge is 0.507 e. The van der Waals surface area contributed by atoms with Crippen LogP contribution in [0.3, 0.4) is 0 Å². The number of benzene rings is 2. The smallest absolute Gasteiger partial charge is 0.332 e. The van der Waals surface area contributed by atoms with Gasteiger partial charge in [0.1, 0.15) is 17.4 Å². The summed E-state index contributed by atoms with van der Waals surface area (Å²) in [5, 5.41) is 11.6. The molecule has 2 aliphatic rings. The van der Waals surface area contributed by atoms with Crippen LogP contribution in [0, 0.1) is 5.82 Å². The number of hydrogen-bond acceptors (Lipinski definition) is 5. The maximum absolute atomic E-state index is 14.9. The van der Waals surface area contributed by atoms with Crippen LogP contribution in [0.25, 0.3) is 27.9 Å². The molecule has 2 aromatic carbocycles. The molecule has 0 spiro atoms. The lowest BCUT2D eigenvalue weighted by molar-refractivity contribution is 0.230. The fourth-order valence-electron chi connectivity index (χ4n) is 5.51. The second-order valence-corrected chi connectivity index (χ2v) is 10.2. The zero-order valence-corrected chi connectivity index (χ0v) is 21.2. The molecule has 190 valence electrons. The third-order valence-corrected chi connectivity index (χ3v) is 7.81. The molecule has 0 saturated carbocycles. The monoisotopic (exact) mass is 519 g/mol. The van der Waals surface area contributed by atoms with Gasteiger partial charge in [-0.25, -0.2) is 14.2 Å². The Kier molecular flexibility index (Phi) is 6.01. The normalized spacial score (nSPS) is 17.8. The number of imidazole rings is 1. The molecule has 1 unspecified atom stereocenters. The molecule has 37 heavy (non-hydrogen) atoms. The number of pyridine rings is 1. The predicted octanol–water partition coefficient (Wildman–Crippen LogP) is 4.69. The minimum Gasteiger partial charge on any atom is -0.507 e. The Morgan fingerprint density at radius 2 is 1.81 bits per heavy atom. The Morgan fingerprint density at radius 1 is 1.03 bits per heavy atom. The first kappa shape index (κ1) is 23.8. The summed E-state index contributed by atoms with van der Waals surface area (Å²) in [7, 11) is 1.66. The molecule has 9 heteroatoms. The van der Waals surface area contributed by atoms with Crippen molar-refractivity contribution >= 4 is 17.4 Å². The molecule has 2 saturated heterocycles. The lowest BCUT2D eigenvalue weighted by Gasteiger charge is -2.38. The van der Waals surface area contributed by atoms with E-state index in [4.69, 9.17) is 11.6 Å². The molecule has 2 fully saturated rings. The van der Waals surface area contributed by atoms with E-state index in [1.165, 1.54) is 40.7 Å². The average Bonchev–Trinajstić information content (AvgIpc) is 3.51. The summed E-state index contributed by atoms with van der Waals surface area (Å²) in [6.07, 6.45) is 7.42. The number of aromatic hydroxyl groups is 1. The third-order valence-electron chi connectivity index (χ3n) is 7.51. The summed E-state index contributed by atoms with van der Waals surface area (Å²) in [6, 6.07) is 11.9. The Balaban J connectivity index is 1.35. The second-order valence-electron chi connectivity index (χ2n) is 9.76. The Labute approximate surface area is 219 Å². The molecule has 4 heterocycles. The number of fused-ring (bicyclic) bond motifs is 1. The summed E-state index contributed by atoms with van der Waals surface area (Å²) in [4.78, 5) is 21.7. The zero-order valence-electron chi connectivity index (χ0n) is 20.4. The average molecular weight is 520 g/mol. The SMILES string of the molecule is Cn1ccn(-c2ccc(-c3cc(F)cc(-c4ccnc(N5CCN6CCCC6C5)c4)c3O)cc2Cl)c1=O. The molecule has 1 N–H and O–H groups in total. The molecule has 2 aromatic heterocycles. The lowest BCUT2D eigenvalue weighted by Crippen LogP contribution is -2.50. The molecular weight excluding hydrogens is 493 g/mol. The molecule has 0 amide bonds. The van der Waals surface area contributed by atoms with Gasteiger partial charge >= 0.3 is 5.69 Å². The van der Waals surface area contributed by atoms with E-state index in [2.05, 4.69) is 14.8 Å². The van der Waals surface area contributed by atoms with Crippen LogP contribution in [0.2, 0.25) is 5.02 Å². The van der Waals surface area contributed by atoms with Gasteiger partial charge in [-0.05, 0) is 66.9 Å². The van der Waals surface area contributed by atoms with Crippen molar-refractivity contribution < 1.29 is 9.50 Å². The number of nitrogens with zero attached hydrogens (tertiary/aromatic N) is 5. The number of piperazine rings is 1. The van der Waals surface area contributed by atoms with E-state index in [0.29, 0.717) is 39.0 Å². The van der Waals surface area contributed by atoms with Gasteiger partial charge in [0.25, 0.3) is 0 Å². The van der Waals surface area contributed by atoms with Gasteiger partial charge in [0, 0.05) is 62.4 Å². The first-order valence-corrected chi connectivity index (χ1v) is 12.8. The van der Waals surface area contributed by atoms with Crippen molar-refractivity contribution in [3.05, 3.63) is 82.4 Å². The maximum Gasteiger partial charge on any atom is 0.332 e. The summed E-state index contributed by atoms with van der Waals surface area (Å²) >= 11 is 6.53. The number of rotatable bonds is 4.